The fourth-order valence-electron chi connectivity index (χ4n) is 0.750. The van der Waals surface area contributed by atoms with Gasteiger partial charge in [0.05, 0.1) is 7.11 Å². The second-order valence-corrected chi connectivity index (χ2v) is 2.93. The topological polar surface area (TPSA) is 46.6 Å². The summed E-state index contributed by atoms with van der Waals surface area (Å²) >= 11 is 0. The molecule has 0 radical (unpaired) electrons. The van der Waals surface area contributed by atoms with Gasteiger partial charge in [-0.15, -0.1) is 0 Å². The molecule has 0 aliphatic carbocycles. The molecule has 0 fully saturated rings. The maximum absolute atomic E-state index is 11.1. The Hall–Kier alpha value is -1.58. The van der Waals surface area contributed by atoms with Gasteiger partial charge < -0.3 is 9.64 Å². The molecule has 0 aliphatic heterocycles. The summed E-state index contributed by atoms with van der Waals surface area (Å²) in [5, 5.41) is 0. The minimum atomic E-state index is -0.610. The molecular weight excluding hydrogens is 182 g/mol. The lowest BCUT2D eigenvalue weighted by atomic mass is 10.2. The molecule has 0 aromatic rings. The summed E-state index contributed by atoms with van der Waals surface area (Å²) in [5.74, 6) is -0.916. The van der Waals surface area contributed by atoms with E-state index in [1.54, 1.807) is 17.2 Å². The van der Waals surface area contributed by atoms with Crippen LogP contribution in [-0.4, -0.2) is 37.9 Å². The van der Waals surface area contributed by atoms with E-state index in [2.05, 4.69) is 4.74 Å². The van der Waals surface area contributed by atoms with Crippen LogP contribution >= 0.6 is 0 Å². The Labute approximate surface area is 83.8 Å². The van der Waals surface area contributed by atoms with E-state index in [4.69, 9.17) is 0 Å². The van der Waals surface area contributed by atoms with Crippen LogP contribution in [0.15, 0.2) is 23.9 Å². The molecule has 14 heavy (non-hydrogen) atoms. The van der Waals surface area contributed by atoms with Crippen molar-refractivity contribution in [3.8, 4) is 0 Å². The maximum atomic E-state index is 11.1. The molecule has 0 saturated heterocycles. The summed E-state index contributed by atoms with van der Waals surface area (Å²) in [5.41, 5.74) is 0.0469. The maximum Gasteiger partial charge on any atom is 0.341 e. The number of hydrogen-bond acceptors (Lipinski definition) is 4. The Bertz CT molecular complexity index is 277. The zero-order valence-corrected chi connectivity index (χ0v) is 8.90. The molecular formula is C10H15NO3. The summed E-state index contributed by atoms with van der Waals surface area (Å²) in [6.07, 6.45) is 4.79. The number of carbonyl (C=O) groups excluding carboxylic acids is 2. The van der Waals surface area contributed by atoms with Crippen molar-refractivity contribution in [1.82, 2.24) is 4.90 Å². The van der Waals surface area contributed by atoms with Gasteiger partial charge in [0.1, 0.15) is 5.57 Å². The molecule has 78 valence electrons. The van der Waals surface area contributed by atoms with E-state index in [-0.39, 0.29) is 11.4 Å². The number of nitrogens with zero attached hydrogens (tertiary/aromatic N) is 1. The van der Waals surface area contributed by atoms with Gasteiger partial charge in [-0.2, -0.15) is 0 Å². The standard InChI is InChI=1S/C10H15NO3/c1-8(12)9(10(13)14-4)6-5-7-11(2)3/h5-7H,1-4H3/b7-5+,9-6+. The number of ketones is 1. The van der Waals surface area contributed by atoms with Crippen LogP contribution in [0.4, 0.5) is 0 Å². The van der Waals surface area contributed by atoms with Gasteiger partial charge in [0.25, 0.3) is 0 Å². The van der Waals surface area contributed by atoms with E-state index >= 15 is 0 Å². The van der Waals surface area contributed by atoms with Crippen molar-refractivity contribution in [2.45, 2.75) is 6.92 Å². The van der Waals surface area contributed by atoms with Gasteiger partial charge in [0.15, 0.2) is 5.78 Å². The fraction of sp³-hybridized carbons (Fsp3) is 0.400. The summed E-state index contributed by atoms with van der Waals surface area (Å²) in [6, 6.07) is 0. The molecule has 0 bridgehead atoms. The first-order valence-electron chi connectivity index (χ1n) is 4.13. The monoisotopic (exact) mass is 197 g/mol. The van der Waals surface area contributed by atoms with E-state index in [1.807, 2.05) is 14.1 Å². The van der Waals surface area contributed by atoms with Crippen molar-refractivity contribution < 1.29 is 14.3 Å². The Kier molecular flexibility index (Phi) is 5.29. The van der Waals surface area contributed by atoms with Crippen LogP contribution in [0.3, 0.4) is 0 Å². The zero-order chi connectivity index (χ0) is 11.1. The van der Waals surface area contributed by atoms with Crippen molar-refractivity contribution in [3.05, 3.63) is 23.9 Å². The van der Waals surface area contributed by atoms with Crippen molar-refractivity contribution in [1.29, 1.82) is 0 Å². The Morgan fingerprint density at radius 2 is 1.86 bits per heavy atom. The molecule has 0 aromatic heterocycles. The van der Waals surface area contributed by atoms with Gasteiger partial charge >= 0.3 is 5.97 Å². The van der Waals surface area contributed by atoms with Gasteiger partial charge in [0, 0.05) is 14.1 Å². The van der Waals surface area contributed by atoms with Crippen LogP contribution in [0.2, 0.25) is 0 Å². The normalized spacial score (nSPS) is 11.6. The second kappa shape index (κ2) is 5.96. The first-order chi connectivity index (χ1) is 6.49. The summed E-state index contributed by atoms with van der Waals surface area (Å²) in [4.78, 5) is 23.9. The number of Topliss-reactive ketones (excluding diaryl/α,β-unsaturated/α-hetero) is 1. The van der Waals surface area contributed by atoms with Crippen LogP contribution < -0.4 is 0 Å². The number of allylic oxidation sites excluding steroid dienone is 2. The Balaban J connectivity index is 4.66. The zero-order valence-electron chi connectivity index (χ0n) is 8.90. The predicted molar refractivity (Wildman–Crippen MR) is 53.6 cm³/mol. The highest BCUT2D eigenvalue weighted by molar-refractivity contribution is 6.16. The highest BCUT2D eigenvalue weighted by atomic mass is 16.5. The number of methoxy groups -OCH3 is 1. The number of carbonyl (C=O) groups is 2. The lowest BCUT2D eigenvalue weighted by Crippen LogP contribution is -2.11. The third-order valence-corrected chi connectivity index (χ3v) is 1.43. The molecule has 0 aliphatic rings. The molecule has 0 heterocycles. The molecule has 0 unspecified atom stereocenters. The molecule has 0 aromatic carbocycles. The van der Waals surface area contributed by atoms with Gasteiger partial charge in [-0.05, 0) is 25.3 Å². The van der Waals surface area contributed by atoms with E-state index in [0.29, 0.717) is 0 Å². The Morgan fingerprint density at radius 1 is 1.29 bits per heavy atom. The van der Waals surface area contributed by atoms with Crippen molar-refractivity contribution in [2.24, 2.45) is 0 Å². The average Bonchev–Trinajstić information content (AvgIpc) is 2.10. The number of ether oxygens (including phenoxy) is 1. The minimum Gasteiger partial charge on any atom is -0.465 e. The molecule has 0 N–H and O–H groups in total. The summed E-state index contributed by atoms with van der Waals surface area (Å²) in [6.45, 7) is 1.33. The van der Waals surface area contributed by atoms with Gasteiger partial charge in [-0.25, -0.2) is 4.79 Å². The average molecular weight is 197 g/mol. The number of rotatable bonds is 4. The summed E-state index contributed by atoms with van der Waals surface area (Å²) in [7, 11) is 4.93. The minimum absolute atomic E-state index is 0.0469. The van der Waals surface area contributed by atoms with Gasteiger partial charge in [-0.1, -0.05) is 0 Å². The second-order valence-electron chi connectivity index (χ2n) is 2.93. The van der Waals surface area contributed by atoms with Crippen molar-refractivity contribution >= 4 is 11.8 Å². The van der Waals surface area contributed by atoms with E-state index in [1.165, 1.54) is 20.1 Å². The number of hydrogen-bond donors (Lipinski definition) is 0. The highest BCUT2D eigenvalue weighted by Gasteiger charge is 2.12. The first kappa shape index (κ1) is 12.4. The SMILES string of the molecule is COC(=O)/C(=C/C=C/N(C)C)C(C)=O. The molecule has 0 saturated carbocycles. The Morgan fingerprint density at radius 3 is 2.21 bits per heavy atom. The largest absolute Gasteiger partial charge is 0.465 e. The van der Waals surface area contributed by atoms with Crippen molar-refractivity contribution in [2.75, 3.05) is 21.2 Å². The fourth-order valence-corrected chi connectivity index (χ4v) is 0.750. The molecule has 0 amide bonds. The summed E-state index contributed by atoms with van der Waals surface area (Å²) < 4.78 is 4.46. The smallest absolute Gasteiger partial charge is 0.341 e. The van der Waals surface area contributed by atoms with Crippen LogP contribution in [-0.2, 0) is 14.3 Å². The van der Waals surface area contributed by atoms with Gasteiger partial charge in [0.2, 0.25) is 0 Å². The third kappa shape index (κ3) is 4.45. The lowest BCUT2D eigenvalue weighted by molar-refractivity contribution is -0.137. The van der Waals surface area contributed by atoms with Crippen LogP contribution in [0.25, 0.3) is 0 Å². The predicted octanol–water partition coefficient (Wildman–Crippen LogP) is 0.750. The van der Waals surface area contributed by atoms with Gasteiger partial charge in [-0.3, -0.25) is 4.79 Å². The van der Waals surface area contributed by atoms with Crippen LogP contribution in [0, 0.1) is 0 Å². The lowest BCUT2D eigenvalue weighted by Gasteiger charge is -2.02. The first-order valence-corrected chi connectivity index (χ1v) is 4.13. The highest BCUT2D eigenvalue weighted by Crippen LogP contribution is 1.99. The van der Waals surface area contributed by atoms with Crippen LogP contribution in [0.5, 0.6) is 0 Å². The molecule has 0 atom stereocenters. The third-order valence-electron chi connectivity index (χ3n) is 1.43. The van der Waals surface area contributed by atoms with E-state index in [0.717, 1.165) is 0 Å². The van der Waals surface area contributed by atoms with Crippen LogP contribution in [0.1, 0.15) is 6.92 Å². The number of esters is 1. The molecule has 0 rings (SSSR count). The van der Waals surface area contributed by atoms with Crippen molar-refractivity contribution in [3.63, 3.8) is 0 Å². The van der Waals surface area contributed by atoms with E-state index in [9.17, 15) is 9.59 Å². The molecule has 4 heteroatoms. The quantitative estimate of drug-likeness (QED) is 0.219. The molecule has 4 nitrogen and oxygen atoms in total. The molecule has 0 spiro atoms. The van der Waals surface area contributed by atoms with E-state index < -0.39 is 5.97 Å².